The SMILES string of the molecule is [C-]#[N+]c1cccc(-c2cc([N+]3(C)c4ccccc4-c4ccc5c(c43)c3ccccc3n5-c3ccccc3)c(-n3c4ccccc4c4ccc5c(c6ccccc6n5-c5ccccc5)c43)cc2C#N)c1. The highest BCUT2D eigenvalue weighted by atomic mass is 15.4. The van der Waals surface area contributed by atoms with E-state index in [1.807, 2.05) is 24.3 Å². The minimum atomic E-state index is 0.304. The maximum absolute atomic E-state index is 11.4. The molecule has 0 amide bonds. The number of hydrogen-bond acceptors (Lipinski definition) is 1. The highest BCUT2D eigenvalue weighted by Gasteiger charge is 2.47. The van der Waals surface area contributed by atoms with Gasteiger partial charge in [-0.2, -0.15) is 5.26 Å². The first kappa shape index (κ1) is 38.8. The Hall–Kier alpha value is -9.46. The quantitative estimate of drug-likeness (QED) is 0.125. The van der Waals surface area contributed by atoms with Gasteiger partial charge in [-0.25, -0.2) is 9.33 Å². The number of quaternary nitrogens is 1. The summed E-state index contributed by atoms with van der Waals surface area (Å²) in [7, 11) is 2.34. The van der Waals surface area contributed by atoms with Gasteiger partial charge >= 0.3 is 0 Å². The third-order valence-electron chi connectivity index (χ3n) is 14.7. The lowest BCUT2D eigenvalue weighted by Gasteiger charge is -2.33. The first-order chi connectivity index (χ1) is 34.1. The predicted molar refractivity (Wildman–Crippen MR) is 285 cm³/mol. The molecule has 0 radical (unpaired) electrons. The molecular formula is C63H39N6+. The normalized spacial score (nSPS) is 14.2. The van der Waals surface area contributed by atoms with E-state index in [0.717, 1.165) is 111 Å². The number of rotatable bonds is 5. The molecule has 3 aromatic heterocycles. The van der Waals surface area contributed by atoms with Crippen LogP contribution in [0.1, 0.15) is 5.56 Å². The Kier molecular flexibility index (Phi) is 8.16. The zero-order valence-corrected chi connectivity index (χ0v) is 37.5. The van der Waals surface area contributed by atoms with Crippen LogP contribution in [-0.4, -0.2) is 20.7 Å². The molecule has 0 fully saturated rings. The van der Waals surface area contributed by atoms with Crippen LogP contribution in [0.5, 0.6) is 0 Å². The van der Waals surface area contributed by atoms with Crippen LogP contribution in [0, 0.1) is 17.9 Å². The molecule has 1 atom stereocenters. The number of benzene rings is 10. The Balaban J connectivity index is 1.19. The zero-order chi connectivity index (χ0) is 46.0. The molecule has 13 aromatic rings. The molecule has 1 aliphatic heterocycles. The molecule has 6 nitrogen and oxygen atoms in total. The number of para-hydroxylation sites is 6. The number of aromatic nitrogens is 3. The first-order valence-electron chi connectivity index (χ1n) is 23.2. The summed E-state index contributed by atoms with van der Waals surface area (Å²) < 4.78 is 7.52. The van der Waals surface area contributed by atoms with E-state index in [4.69, 9.17) is 6.57 Å². The third-order valence-corrected chi connectivity index (χ3v) is 14.7. The van der Waals surface area contributed by atoms with Gasteiger partial charge in [-0.3, -0.25) is 0 Å². The Bertz CT molecular complexity index is 4400. The van der Waals surface area contributed by atoms with Crippen LogP contribution >= 0.6 is 0 Å². The molecule has 1 unspecified atom stereocenters. The molecule has 0 bridgehead atoms. The number of nitrogens with zero attached hydrogens (tertiary/aromatic N) is 6. The van der Waals surface area contributed by atoms with Crippen molar-refractivity contribution >= 4 is 88.2 Å². The van der Waals surface area contributed by atoms with E-state index in [2.05, 4.69) is 226 Å². The van der Waals surface area contributed by atoms with Crippen LogP contribution in [0.25, 0.3) is 110 Å². The molecule has 14 rings (SSSR count). The van der Waals surface area contributed by atoms with Crippen LogP contribution in [0.4, 0.5) is 22.7 Å². The number of hydrogen-bond donors (Lipinski definition) is 0. The van der Waals surface area contributed by atoms with E-state index in [1.165, 1.54) is 10.9 Å². The van der Waals surface area contributed by atoms with Crippen molar-refractivity contribution in [1.29, 1.82) is 5.26 Å². The van der Waals surface area contributed by atoms with Crippen molar-refractivity contribution < 1.29 is 0 Å². The average molecular weight is 880 g/mol. The lowest BCUT2D eigenvalue weighted by molar-refractivity contribution is 0.644. The molecule has 10 aromatic carbocycles. The van der Waals surface area contributed by atoms with Crippen LogP contribution in [-0.2, 0) is 0 Å². The van der Waals surface area contributed by atoms with Crippen molar-refractivity contribution in [2.75, 3.05) is 7.05 Å². The van der Waals surface area contributed by atoms with E-state index < -0.39 is 0 Å². The van der Waals surface area contributed by atoms with E-state index >= 15 is 0 Å². The molecule has 4 heterocycles. The van der Waals surface area contributed by atoms with Gasteiger partial charge in [-0.1, -0.05) is 127 Å². The summed E-state index contributed by atoms with van der Waals surface area (Å²) in [6, 6.07) is 80.1. The van der Waals surface area contributed by atoms with Gasteiger partial charge in [0.15, 0.2) is 22.7 Å². The summed E-state index contributed by atoms with van der Waals surface area (Å²) in [4.78, 5) is 3.83. The lowest BCUT2D eigenvalue weighted by atomic mass is 9.96. The van der Waals surface area contributed by atoms with Gasteiger partial charge in [-0.05, 0) is 84.4 Å². The summed E-state index contributed by atoms with van der Waals surface area (Å²) in [5, 5.41) is 18.3. The van der Waals surface area contributed by atoms with Crippen LogP contribution in [0.3, 0.4) is 0 Å². The van der Waals surface area contributed by atoms with Crippen molar-refractivity contribution in [3.8, 4) is 45.4 Å². The predicted octanol–water partition coefficient (Wildman–Crippen LogP) is 16.6. The summed E-state index contributed by atoms with van der Waals surface area (Å²) >= 11 is 0. The highest BCUT2D eigenvalue weighted by Crippen LogP contribution is 2.62. The van der Waals surface area contributed by atoms with Crippen molar-refractivity contribution in [2.24, 2.45) is 0 Å². The minimum Gasteiger partial charge on any atom is -0.309 e. The van der Waals surface area contributed by atoms with E-state index in [1.54, 1.807) is 0 Å². The Morgan fingerprint density at radius 1 is 0.449 bits per heavy atom. The Morgan fingerprint density at radius 3 is 1.71 bits per heavy atom. The number of fused-ring (bicyclic) bond motifs is 14. The Labute approximate surface area is 397 Å². The molecule has 1 aliphatic rings. The first-order valence-corrected chi connectivity index (χ1v) is 23.2. The maximum atomic E-state index is 11.4. The smallest absolute Gasteiger partial charge is 0.187 e. The second kappa shape index (κ2) is 14.5. The van der Waals surface area contributed by atoms with E-state index in [-0.39, 0.29) is 0 Å². The van der Waals surface area contributed by atoms with Crippen LogP contribution in [0.2, 0.25) is 0 Å². The Morgan fingerprint density at radius 2 is 1.03 bits per heavy atom. The third kappa shape index (κ3) is 5.26. The van der Waals surface area contributed by atoms with Gasteiger partial charge in [0, 0.05) is 61.6 Å². The molecule has 0 aliphatic carbocycles. The fraction of sp³-hybridized carbons (Fsp3) is 0.0159. The van der Waals surface area contributed by atoms with E-state index in [9.17, 15) is 5.26 Å². The molecule has 0 saturated carbocycles. The molecular weight excluding hydrogens is 841 g/mol. The fourth-order valence-corrected chi connectivity index (χ4v) is 11.8. The van der Waals surface area contributed by atoms with Crippen LogP contribution in [0.15, 0.2) is 218 Å². The molecule has 320 valence electrons. The summed E-state index contributed by atoms with van der Waals surface area (Å²) in [5.41, 5.74) is 17.9. The average Bonchev–Trinajstić information content (AvgIpc) is 4.12. The van der Waals surface area contributed by atoms with Crippen LogP contribution < -0.4 is 4.48 Å². The van der Waals surface area contributed by atoms with Gasteiger partial charge < -0.3 is 13.7 Å². The standard InChI is InChI=1S/C63H39N6/c1-65-42-19-17-18-40(36-42)51-38-59(69(2)58-31-16-12-25-46(58)48-33-35-56-61(63(48)69)50-27-11-15-30-54(50)67(56)44-22-7-4-8-23-44)57(37-41(51)39-64)68-52-28-13-9-24-45(52)47-32-34-55-60(62(47)68)49-26-10-14-29-53(49)66(55)43-20-5-3-6-21-43/h3-38H,2H3/q+1. The second-order valence-corrected chi connectivity index (χ2v) is 18.1. The number of nitriles is 1. The zero-order valence-electron chi connectivity index (χ0n) is 37.5. The molecule has 69 heavy (non-hydrogen) atoms. The van der Waals surface area contributed by atoms with E-state index in [0.29, 0.717) is 15.7 Å². The topological polar surface area (TPSA) is 42.9 Å². The van der Waals surface area contributed by atoms with Gasteiger partial charge in [0.1, 0.15) is 5.69 Å². The second-order valence-electron chi connectivity index (χ2n) is 18.1. The minimum absolute atomic E-state index is 0.304. The van der Waals surface area contributed by atoms with Crippen molar-refractivity contribution in [3.05, 3.63) is 235 Å². The maximum Gasteiger partial charge on any atom is 0.187 e. The van der Waals surface area contributed by atoms with Gasteiger partial charge in [0.25, 0.3) is 0 Å². The molecule has 0 saturated heterocycles. The largest absolute Gasteiger partial charge is 0.309 e. The molecule has 0 N–H and O–H groups in total. The summed E-state index contributed by atoms with van der Waals surface area (Å²) in [6.07, 6.45) is 0. The van der Waals surface area contributed by atoms with Gasteiger partial charge in [0.2, 0.25) is 0 Å². The molecule has 6 heteroatoms. The van der Waals surface area contributed by atoms with Crippen molar-refractivity contribution in [1.82, 2.24) is 18.2 Å². The molecule has 0 spiro atoms. The highest BCUT2D eigenvalue weighted by molar-refractivity contribution is 6.27. The van der Waals surface area contributed by atoms with Crippen molar-refractivity contribution in [3.63, 3.8) is 0 Å². The summed E-state index contributed by atoms with van der Waals surface area (Å²) in [5.74, 6) is 0. The summed E-state index contributed by atoms with van der Waals surface area (Å²) in [6.45, 7) is 7.99. The van der Waals surface area contributed by atoms with Crippen molar-refractivity contribution in [2.45, 2.75) is 0 Å². The van der Waals surface area contributed by atoms with Gasteiger partial charge in [0.05, 0.1) is 69.3 Å². The monoisotopic (exact) mass is 879 g/mol. The van der Waals surface area contributed by atoms with Gasteiger partial charge in [-0.15, -0.1) is 0 Å². The lowest BCUT2D eigenvalue weighted by Crippen LogP contribution is -2.33. The fourth-order valence-electron chi connectivity index (χ4n) is 11.8.